The third-order valence-corrected chi connectivity index (χ3v) is 13.0. The minimum atomic E-state index is -0.356. The highest BCUT2D eigenvalue weighted by atomic mass is 32.2. The summed E-state index contributed by atoms with van der Waals surface area (Å²) in [5, 5.41) is 5.20. The van der Waals surface area contributed by atoms with Gasteiger partial charge in [-0.25, -0.2) is 0 Å². The van der Waals surface area contributed by atoms with Gasteiger partial charge in [-0.3, -0.25) is 0 Å². The predicted molar refractivity (Wildman–Crippen MR) is 218 cm³/mol. The molecule has 0 N–H and O–H groups in total. The normalized spacial score (nSPS) is 13.8. The van der Waals surface area contributed by atoms with E-state index in [0.717, 1.165) is 0 Å². The molecule has 3 aliphatic rings. The maximum atomic E-state index is 2.51. The van der Waals surface area contributed by atoms with Crippen LogP contribution in [0.1, 0.15) is 22.3 Å². The van der Waals surface area contributed by atoms with Crippen molar-refractivity contribution in [1.82, 2.24) is 0 Å². The lowest BCUT2D eigenvalue weighted by atomic mass is 9.70. The van der Waals surface area contributed by atoms with E-state index < -0.39 is 0 Å². The summed E-state index contributed by atoms with van der Waals surface area (Å²) in [6, 6.07) is 68.5. The van der Waals surface area contributed by atoms with Crippen LogP contribution in [0.15, 0.2) is 192 Å². The summed E-state index contributed by atoms with van der Waals surface area (Å²) in [7, 11) is 0. The Hall–Kier alpha value is -6.15. The molecule has 2 aliphatic carbocycles. The fraction of sp³-hybridized carbons (Fsp3) is 0.0196. The fourth-order valence-corrected chi connectivity index (χ4v) is 11.0. The lowest BCUT2D eigenvalue weighted by molar-refractivity contribution is 0.794. The fourth-order valence-electron chi connectivity index (χ4n) is 9.81. The van der Waals surface area contributed by atoms with Crippen LogP contribution in [0.4, 0.5) is 0 Å². The van der Waals surface area contributed by atoms with Gasteiger partial charge < -0.3 is 0 Å². The summed E-state index contributed by atoms with van der Waals surface area (Å²) in [5.41, 5.74) is 18.2. The topological polar surface area (TPSA) is 0 Å². The average molecular weight is 675 g/mol. The van der Waals surface area contributed by atoms with Crippen LogP contribution in [0.5, 0.6) is 0 Å². The van der Waals surface area contributed by atoms with Crippen molar-refractivity contribution in [2.45, 2.75) is 15.2 Å². The summed E-state index contributed by atoms with van der Waals surface area (Å²) in [4.78, 5) is 2.66. The van der Waals surface area contributed by atoms with Crippen molar-refractivity contribution in [1.29, 1.82) is 0 Å². The Labute approximate surface area is 307 Å². The Morgan fingerprint density at radius 1 is 0.308 bits per heavy atom. The van der Waals surface area contributed by atoms with Crippen LogP contribution in [0, 0.1) is 0 Å². The Bertz CT molecular complexity index is 2940. The number of hydrogen-bond acceptors (Lipinski definition) is 1. The monoisotopic (exact) mass is 674 g/mol. The second-order valence-corrected chi connectivity index (χ2v) is 15.4. The first kappa shape index (κ1) is 28.5. The quantitative estimate of drug-likeness (QED) is 0.176. The molecule has 1 spiro atoms. The molecule has 0 saturated carbocycles. The SMILES string of the molecule is c1ccc2c(c1)Sc1cccc3cc(-c4ccc(-c5ccc6c(c5)C5(c7ccccc7-c7ccccc75)c5ccccc5-6)c5ccccc45)cc-2c13. The van der Waals surface area contributed by atoms with Gasteiger partial charge in [0.2, 0.25) is 0 Å². The van der Waals surface area contributed by atoms with Crippen LogP contribution < -0.4 is 0 Å². The van der Waals surface area contributed by atoms with Gasteiger partial charge >= 0.3 is 0 Å². The van der Waals surface area contributed by atoms with Crippen molar-refractivity contribution in [3.63, 3.8) is 0 Å². The predicted octanol–water partition coefficient (Wildman–Crippen LogP) is 13.8. The maximum Gasteiger partial charge on any atom is 0.0725 e. The molecule has 240 valence electrons. The molecular formula is C51H30S. The minimum absolute atomic E-state index is 0.356. The van der Waals surface area contributed by atoms with Crippen LogP contribution >= 0.6 is 11.8 Å². The number of rotatable bonds is 2. The minimum Gasteiger partial charge on any atom is -0.0888 e. The first-order valence-corrected chi connectivity index (χ1v) is 18.9. The second kappa shape index (κ2) is 10.4. The Morgan fingerprint density at radius 3 is 1.50 bits per heavy atom. The molecule has 0 atom stereocenters. The van der Waals surface area contributed by atoms with E-state index in [-0.39, 0.29) is 5.41 Å². The van der Waals surface area contributed by atoms with Gasteiger partial charge in [0.1, 0.15) is 0 Å². The first-order chi connectivity index (χ1) is 25.8. The number of hydrogen-bond donors (Lipinski definition) is 0. The van der Waals surface area contributed by atoms with Gasteiger partial charge in [0, 0.05) is 15.2 Å². The summed E-state index contributed by atoms with van der Waals surface area (Å²) in [6.45, 7) is 0. The molecule has 1 aliphatic heterocycles. The van der Waals surface area contributed by atoms with Crippen molar-refractivity contribution in [2.24, 2.45) is 0 Å². The molecule has 0 aromatic heterocycles. The summed E-state index contributed by atoms with van der Waals surface area (Å²) < 4.78 is 0. The molecule has 0 nitrogen and oxygen atoms in total. The van der Waals surface area contributed by atoms with E-state index in [0.29, 0.717) is 0 Å². The first-order valence-electron chi connectivity index (χ1n) is 18.1. The zero-order valence-electron chi connectivity index (χ0n) is 28.2. The molecular weight excluding hydrogens is 645 g/mol. The van der Waals surface area contributed by atoms with Gasteiger partial charge in [0.25, 0.3) is 0 Å². The average Bonchev–Trinajstić information content (AvgIpc) is 3.67. The molecule has 0 unspecified atom stereocenters. The van der Waals surface area contributed by atoms with E-state index in [2.05, 4.69) is 182 Å². The third-order valence-electron chi connectivity index (χ3n) is 11.9. The van der Waals surface area contributed by atoms with Crippen molar-refractivity contribution < 1.29 is 0 Å². The highest BCUT2D eigenvalue weighted by molar-refractivity contribution is 7.99. The van der Waals surface area contributed by atoms with Crippen LogP contribution in [-0.2, 0) is 5.41 Å². The molecule has 0 bridgehead atoms. The van der Waals surface area contributed by atoms with E-state index in [1.54, 1.807) is 0 Å². The zero-order chi connectivity index (χ0) is 34.0. The Balaban J connectivity index is 1.08. The molecule has 1 heterocycles. The standard InChI is InChI=1S/C51H30S/c1-2-14-37-35(33-28-32-12-11-23-49-50(32)43(29-33)42-18-6-10-22-48(42)52-49)27-26-34(36(37)13-1)31-24-25-41-40-17-5-9-21-46(40)51(47(41)30-31)44-19-7-3-15-38(44)39-16-4-8-20-45(39)51/h1-30H. The van der Waals surface area contributed by atoms with Crippen LogP contribution in [0.25, 0.3) is 77.2 Å². The molecule has 0 amide bonds. The highest BCUT2D eigenvalue weighted by Crippen LogP contribution is 2.63. The van der Waals surface area contributed by atoms with E-state index in [9.17, 15) is 0 Å². The van der Waals surface area contributed by atoms with Crippen molar-refractivity contribution in [3.8, 4) is 55.6 Å². The summed E-state index contributed by atoms with van der Waals surface area (Å²) in [6.07, 6.45) is 0. The molecule has 0 fully saturated rings. The van der Waals surface area contributed by atoms with Crippen LogP contribution in [-0.4, -0.2) is 0 Å². The molecule has 9 aromatic carbocycles. The van der Waals surface area contributed by atoms with Gasteiger partial charge in [0.05, 0.1) is 5.41 Å². The van der Waals surface area contributed by atoms with E-state index in [1.165, 1.54) is 109 Å². The lowest BCUT2D eigenvalue weighted by Gasteiger charge is -2.30. The van der Waals surface area contributed by atoms with Crippen LogP contribution in [0.3, 0.4) is 0 Å². The number of benzene rings is 9. The number of fused-ring (bicyclic) bond motifs is 13. The smallest absolute Gasteiger partial charge is 0.0725 e. The summed E-state index contributed by atoms with van der Waals surface area (Å²) in [5.74, 6) is 0. The van der Waals surface area contributed by atoms with Crippen molar-refractivity contribution in [3.05, 3.63) is 204 Å². The third kappa shape index (κ3) is 3.63. The molecule has 9 aromatic rings. The van der Waals surface area contributed by atoms with Crippen molar-refractivity contribution in [2.75, 3.05) is 0 Å². The second-order valence-electron chi connectivity index (χ2n) is 14.3. The van der Waals surface area contributed by atoms with Gasteiger partial charge in [-0.15, -0.1) is 0 Å². The largest absolute Gasteiger partial charge is 0.0888 e. The highest BCUT2D eigenvalue weighted by Gasteiger charge is 2.51. The molecule has 12 rings (SSSR count). The molecule has 0 saturated heterocycles. The zero-order valence-corrected chi connectivity index (χ0v) is 29.0. The van der Waals surface area contributed by atoms with E-state index >= 15 is 0 Å². The van der Waals surface area contributed by atoms with Gasteiger partial charge in [-0.1, -0.05) is 163 Å². The Morgan fingerprint density at radius 2 is 0.827 bits per heavy atom. The van der Waals surface area contributed by atoms with Gasteiger partial charge in [-0.05, 0) is 124 Å². The van der Waals surface area contributed by atoms with Crippen LogP contribution in [0.2, 0.25) is 0 Å². The van der Waals surface area contributed by atoms with E-state index in [1.807, 2.05) is 11.8 Å². The van der Waals surface area contributed by atoms with Gasteiger partial charge in [0.15, 0.2) is 0 Å². The van der Waals surface area contributed by atoms with Crippen molar-refractivity contribution >= 4 is 33.3 Å². The molecule has 52 heavy (non-hydrogen) atoms. The molecule has 0 radical (unpaired) electrons. The van der Waals surface area contributed by atoms with E-state index in [4.69, 9.17) is 0 Å². The Kier molecular flexibility index (Phi) is 5.73. The van der Waals surface area contributed by atoms with Gasteiger partial charge in [-0.2, -0.15) is 0 Å². The summed E-state index contributed by atoms with van der Waals surface area (Å²) >= 11 is 1.88. The molecule has 1 heteroatoms. The lowest BCUT2D eigenvalue weighted by Crippen LogP contribution is -2.25. The maximum absolute atomic E-state index is 2.51.